The smallest absolute Gasteiger partial charge is 0.0480 e. The Morgan fingerprint density at radius 3 is 2.84 bits per heavy atom. The summed E-state index contributed by atoms with van der Waals surface area (Å²) in [7, 11) is 0. The lowest BCUT2D eigenvalue weighted by Gasteiger charge is -2.06. The van der Waals surface area contributed by atoms with Crippen molar-refractivity contribution < 1.29 is 5.11 Å². The molecule has 0 aliphatic rings. The van der Waals surface area contributed by atoms with Crippen LogP contribution >= 0.6 is 0 Å². The van der Waals surface area contributed by atoms with Crippen molar-refractivity contribution in [1.29, 1.82) is 0 Å². The molecule has 1 aromatic carbocycles. The maximum absolute atomic E-state index is 8.78. The number of aryl methyl sites for hydroxylation is 1. The summed E-state index contributed by atoms with van der Waals surface area (Å²) in [5.74, 6) is 0. The second-order valence-corrected chi connectivity index (χ2v) is 4.97. The fraction of sp³-hybridized carbons (Fsp3) is 0.500. The Morgan fingerprint density at radius 2 is 2.05 bits per heavy atom. The number of rotatable bonds is 8. The van der Waals surface area contributed by atoms with Crippen molar-refractivity contribution >= 4 is 10.9 Å². The van der Waals surface area contributed by atoms with Gasteiger partial charge >= 0.3 is 0 Å². The van der Waals surface area contributed by atoms with E-state index in [9.17, 15) is 0 Å². The van der Waals surface area contributed by atoms with Crippen LogP contribution in [0.25, 0.3) is 10.9 Å². The van der Waals surface area contributed by atoms with Gasteiger partial charge in [-0.3, -0.25) is 0 Å². The monoisotopic (exact) mass is 260 g/mol. The van der Waals surface area contributed by atoms with Gasteiger partial charge in [0.2, 0.25) is 0 Å². The highest BCUT2D eigenvalue weighted by Gasteiger charge is 2.02. The molecule has 3 heteroatoms. The zero-order valence-electron chi connectivity index (χ0n) is 11.7. The second kappa shape index (κ2) is 7.31. The number of fused-ring (bicyclic) bond motifs is 1. The highest BCUT2D eigenvalue weighted by molar-refractivity contribution is 5.80. The number of hydrogen-bond donors (Lipinski definition) is 2. The Balaban J connectivity index is 2.02. The molecule has 0 aliphatic carbocycles. The van der Waals surface area contributed by atoms with Gasteiger partial charge in [-0.05, 0) is 55.0 Å². The molecule has 2 rings (SSSR count). The van der Waals surface area contributed by atoms with E-state index < -0.39 is 0 Å². The van der Waals surface area contributed by atoms with Crippen LogP contribution in [0.3, 0.4) is 0 Å². The molecule has 2 aromatic rings. The fourth-order valence-corrected chi connectivity index (χ4v) is 2.39. The van der Waals surface area contributed by atoms with Gasteiger partial charge in [-0.1, -0.05) is 13.0 Å². The average molecular weight is 260 g/mol. The zero-order chi connectivity index (χ0) is 13.5. The number of nitrogens with zero attached hydrogens (tertiary/aromatic N) is 1. The van der Waals surface area contributed by atoms with Gasteiger partial charge in [0.1, 0.15) is 0 Å². The Kier molecular flexibility index (Phi) is 5.43. The first-order valence-electron chi connectivity index (χ1n) is 7.24. The molecule has 0 saturated carbocycles. The predicted octanol–water partition coefficient (Wildman–Crippen LogP) is 2.91. The van der Waals surface area contributed by atoms with Gasteiger partial charge in [0, 0.05) is 31.4 Å². The van der Waals surface area contributed by atoms with Crippen LogP contribution in [0.1, 0.15) is 31.7 Å². The minimum absolute atomic E-state index is 0.306. The highest BCUT2D eigenvalue weighted by Crippen LogP contribution is 2.18. The third kappa shape index (κ3) is 3.82. The molecule has 1 heterocycles. The fourth-order valence-electron chi connectivity index (χ4n) is 2.39. The molecule has 0 atom stereocenters. The maximum atomic E-state index is 8.78. The van der Waals surface area contributed by atoms with Gasteiger partial charge in [-0.25, -0.2) is 0 Å². The molecular weight excluding hydrogens is 236 g/mol. The van der Waals surface area contributed by atoms with Gasteiger partial charge in [0.15, 0.2) is 0 Å². The summed E-state index contributed by atoms with van der Waals surface area (Å²) >= 11 is 0. The van der Waals surface area contributed by atoms with Gasteiger partial charge in [0.05, 0.1) is 0 Å². The minimum Gasteiger partial charge on any atom is -0.396 e. The third-order valence-corrected chi connectivity index (χ3v) is 3.47. The van der Waals surface area contributed by atoms with E-state index in [1.165, 1.54) is 16.5 Å². The summed E-state index contributed by atoms with van der Waals surface area (Å²) in [6, 6.07) is 8.88. The maximum Gasteiger partial charge on any atom is 0.0480 e. The van der Waals surface area contributed by atoms with Crippen molar-refractivity contribution in [3.05, 3.63) is 36.0 Å². The molecule has 0 unspecified atom stereocenters. The van der Waals surface area contributed by atoms with Gasteiger partial charge in [-0.15, -0.1) is 0 Å². The number of unbranched alkanes of at least 4 members (excludes halogenated alkanes) is 2. The van der Waals surface area contributed by atoms with Crippen LogP contribution < -0.4 is 5.32 Å². The molecule has 1 aromatic heterocycles. The molecule has 2 N–H and O–H groups in total. The van der Waals surface area contributed by atoms with Crippen LogP contribution in [-0.2, 0) is 13.1 Å². The Morgan fingerprint density at radius 1 is 1.16 bits per heavy atom. The van der Waals surface area contributed by atoms with E-state index in [0.717, 1.165) is 38.9 Å². The molecule has 0 saturated heterocycles. The zero-order valence-corrected chi connectivity index (χ0v) is 11.7. The van der Waals surface area contributed by atoms with E-state index >= 15 is 0 Å². The predicted molar refractivity (Wildman–Crippen MR) is 80.3 cm³/mol. The lowest BCUT2D eigenvalue weighted by molar-refractivity contribution is 0.282. The molecule has 0 fully saturated rings. The van der Waals surface area contributed by atoms with E-state index in [4.69, 9.17) is 5.11 Å². The van der Waals surface area contributed by atoms with E-state index in [-0.39, 0.29) is 0 Å². The molecule has 0 spiro atoms. The third-order valence-electron chi connectivity index (χ3n) is 3.47. The molecule has 0 bridgehead atoms. The second-order valence-electron chi connectivity index (χ2n) is 4.97. The number of nitrogens with one attached hydrogen (secondary N) is 1. The minimum atomic E-state index is 0.306. The van der Waals surface area contributed by atoms with Crippen molar-refractivity contribution in [3.63, 3.8) is 0 Å². The number of hydrogen-bond acceptors (Lipinski definition) is 2. The van der Waals surface area contributed by atoms with Crippen LogP contribution in [-0.4, -0.2) is 22.8 Å². The molecule has 0 amide bonds. The summed E-state index contributed by atoms with van der Waals surface area (Å²) in [4.78, 5) is 0. The van der Waals surface area contributed by atoms with E-state index in [1.807, 2.05) is 0 Å². The lowest BCUT2D eigenvalue weighted by Crippen LogP contribution is -2.11. The highest BCUT2D eigenvalue weighted by atomic mass is 16.2. The van der Waals surface area contributed by atoms with Crippen LogP contribution in [0.4, 0.5) is 0 Å². The summed E-state index contributed by atoms with van der Waals surface area (Å²) in [5, 5.41) is 13.5. The Labute approximate surface area is 115 Å². The first kappa shape index (κ1) is 14.1. The number of aromatic nitrogens is 1. The van der Waals surface area contributed by atoms with Crippen molar-refractivity contribution in [2.24, 2.45) is 0 Å². The Bertz CT molecular complexity index is 504. The standard InChI is InChI=1S/C16H24N2O/c1-2-17-13-14-6-7-16-15(12-14)8-10-18(16)9-4-3-5-11-19/h6-8,10,12,17,19H,2-5,9,11,13H2,1H3. The van der Waals surface area contributed by atoms with Gasteiger partial charge in [0.25, 0.3) is 0 Å². The molecule has 3 nitrogen and oxygen atoms in total. The quantitative estimate of drug-likeness (QED) is 0.716. The van der Waals surface area contributed by atoms with E-state index in [2.05, 4.69) is 47.3 Å². The number of aliphatic hydroxyl groups is 1. The largest absolute Gasteiger partial charge is 0.396 e. The van der Waals surface area contributed by atoms with Crippen molar-refractivity contribution in [2.45, 2.75) is 39.3 Å². The number of aliphatic hydroxyl groups excluding tert-OH is 1. The normalized spacial score (nSPS) is 11.3. The lowest BCUT2D eigenvalue weighted by atomic mass is 10.1. The molecule has 0 aliphatic heterocycles. The average Bonchev–Trinajstić information content (AvgIpc) is 2.84. The van der Waals surface area contributed by atoms with Crippen LogP contribution in [0.5, 0.6) is 0 Å². The Hall–Kier alpha value is -1.32. The topological polar surface area (TPSA) is 37.2 Å². The van der Waals surface area contributed by atoms with Crippen LogP contribution in [0.15, 0.2) is 30.5 Å². The molecule has 104 valence electrons. The summed E-state index contributed by atoms with van der Waals surface area (Å²) in [6.07, 6.45) is 5.30. The summed E-state index contributed by atoms with van der Waals surface area (Å²) < 4.78 is 2.31. The van der Waals surface area contributed by atoms with Crippen molar-refractivity contribution in [2.75, 3.05) is 13.2 Å². The summed E-state index contributed by atoms with van der Waals surface area (Å²) in [5.41, 5.74) is 2.65. The SMILES string of the molecule is CCNCc1ccc2c(ccn2CCCCCO)c1. The van der Waals surface area contributed by atoms with E-state index in [1.54, 1.807) is 0 Å². The van der Waals surface area contributed by atoms with Crippen LogP contribution in [0, 0.1) is 0 Å². The number of benzene rings is 1. The molecule has 0 radical (unpaired) electrons. The van der Waals surface area contributed by atoms with Crippen molar-refractivity contribution in [1.82, 2.24) is 9.88 Å². The van der Waals surface area contributed by atoms with Gasteiger partial charge in [-0.2, -0.15) is 0 Å². The van der Waals surface area contributed by atoms with Crippen LogP contribution in [0.2, 0.25) is 0 Å². The first-order chi connectivity index (χ1) is 9.35. The first-order valence-corrected chi connectivity index (χ1v) is 7.24. The van der Waals surface area contributed by atoms with Crippen molar-refractivity contribution in [3.8, 4) is 0 Å². The van der Waals surface area contributed by atoms with Gasteiger partial charge < -0.3 is 15.0 Å². The summed E-state index contributed by atoms with van der Waals surface area (Å²) in [6.45, 7) is 5.41. The molecular formula is C16H24N2O. The molecule has 19 heavy (non-hydrogen) atoms. The van der Waals surface area contributed by atoms with E-state index in [0.29, 0.717) is 6.61 Å².